The molecule has 1 aromatic heterocycles. The van der Waals surface area contributed by atoms with Crippen LogP contribution in [0.5, 0.6) is 0 Å². The molecule has 0 atom stereocenters. The molecule has 2 N–H and O–H groups in total. The van der Waals surface area contributed by atoms with E-state index >= 15 is 0 Å². The molecule has 0 bridgehead atoms. The molecular weight excluding hydrogens is 198 g/mol. The SMILES string of the molecule is Cc1ccc2nc3ccccc3nc2c1N. The summed E-state index contributed by atoms with van der Waals surface area (Å²) in [5.41, 5.74) is 11.2. The molecule has 0 aliphatic carbocycles. The summed E-state index contributed by atoms with van der Waals surface area (Å²) in [7, 11) is 0. The zero-order valence-corrected chi connectivity index (χ0v) is 8.94. The van der Waals surface area contributed by atoms with Gasteiger partial charge < -0.3 is 5.73 Å². The summed E-state index contributed by atoms with van der Waals surface area (Å²) in [6.07, 6.45) is 0. The van der Waals surface area contributed by atoms with Crippen LogP contribution in [0.3, 0.4) is 0 Å². The number of anilines is 1. The number of nitrogens with two attached hydrogens (primary N) is 1. The Bertz CT molecular complexity index is 689. The van der Waals surface area contributed by atoms with Crippen molar-refractivity contribution < 1.29 is 0 Å². The Morgan fingerprint density at radius 1 is 0.875 bits per heavy atom. The zero-order valence-electron chi connectivity index (χ0n) is 8.94. The fourth-order valence-corrected chi connectivity index (χ4v) is 1.81. The van der Waals surface area contributed by atoms with Crippen molar-refractivity contribution in [2.45, 2.75) is 6.92 Å². The summed E-state index contributed by atoms with van der Waals surface area (Å²) in [6, 6.07) is 11.7. The highest BCUT2D eigenvalue weighted by molar-refractivity contribution is 5.93. The van der Waals surface area contributed by atoms with E-state index < -0.39 is 0 Å². The molecule has 0 radical (unpaired) electrons. The quantitative estimate of drug-likeness (QED) is 0.457. The van der Waals surface area contributed by atoms with E-state index in [1.54, 1.807) is 0 Å². The van der Waals surface area contributed by atoms with Gasteiger partial charge in [-0.2, -0.15) is 0 Å². The van der Waals surface area contributed by atoms with E-state index in [0.29, 0.717) is 0 Å². The highest BCUT2D eigenvalue weighted by atomic mass is 14.8. The van der Waals surface area contributed by atoms with Gasteiger partial charge in [-0.3, -0.25) is 0 Å². The molecule has 1 heterocycles. The number of aromatic nitrogens is 2. The lowest BCUT2D eigenvalue weighted by molar-refractivity contribution is 1.37. The molecule has 78 valence electrons. The molecule has 0 fully saturated rings. The van der Waals surface area contributed by atoms with Crippen LogP contribution in [0.2, 0.25) is 0 Å². The summed E-state index contributed by atoms with van der Waals surface area (Å²) in [5, 5.41) is 0. The average molecular weight is 209 g/mol. The highest BCUT2D eigenvalue weighted by Crippen LogP contribution is 2.23. The number of para-hydroxylation sites is 2. The van der Waals surface area contributed by atoms with Gasteiger partial charge in [0.25, 0.3) is 0 Å². The van der Waals surface area contributed by atoms with Crippen LogP contribution in [-0.4, -0.2) is 9.97 Å². The zero-order chi connectivity index (χ0) is 11.1. The fourth-order valence-electron chi connectivity index (χ4n) is 1.81. The molecule has 0 saturated carbocycles. The second-order valence-corrected chi connectivity index (χ2v) is 3.88. The third-order valence-electron chi connectivity index (χ3n) is 2.77. The standard InChI is InChI=1S/C13H11N3/c1-8-6-7-11-13(12(8)14)16-10-5-3-2-4-9(10)15-11/h2-7H,14H2,1H3. The Hall–Kier alpha value is -2.16. The summed E-state index contributed by atoms with van der Waals surface area (Å²) in [5.74, 6) is 0. The average Bonchev–Trinajstić information content (AvgIpc) is 2.32. The molecule has 3 rings (SSSR count). The lowest BCUT2D eigenvalue weighted by Gasteiger charge is -2.05. The van der Waals surface area contributed by atoms with Gasteiger partial charge in [-0.15, -0.1) is 0 Å². The second kappa shape index (κ2) is 3.17. The molecular formula is C13H11N3. The van der Waals surface area contributed by atoms with Gasteiger partial charge in [0.15, 0.2) is 0 Å². The highest BCUT2D eigenvalue weighted by Gasteiger charge is 2.05. The summed E-state index contributed by atoms with van der Waals surface area (Å²) in [4.78, 5) is 9.09. The Labute approximate surface area is 92.9 Å². The van der Waals surface area contributed by atoms with Gasteiger partial charge in [0.05, 0.1) is 22.2 Å². The van der Waals surface area contributed by atoms with Crippen LogP contribution < -0.4 is 5.73 Å². The van der Waals surface area contributed by atoms with Crippen molar-refractivity contribution in [3.05, 3.63) is 42.0 Å². The Morgan fingerprint density at radius 3 is 2.31 bits per heavy atom. The van der Waals surface area contributed by atoms with Crippen molar-refractivity contribution in [2.75, 3.05) is 5.73 Å². The molecule has 2 aromatic carbocycles. The molecule has 3 nitrogen and oxygen atoms in total. The molecule has 3 heteroatoms. The molecule has 0 aliphatic heterocycles. The minimum atomic E-state index is 0.718. The molecule has 0 unspecified atom stereocenters. The number of hydrogen-bond donors (Lipinski definition) is 1. The predicted molar refractivity (Wildman–Crippen MR) is 66.2 cm³/mol. The summed E-state index contributed by atoms with van der Waals surface area (Å²) in [6.45, 7) is 1.98. The van der Waals surface area contributed by atoms with E-state index in [0.717, 1.165) is 33.3 Å². The smallest absolute Gasteiger partial charge is 0.113 e. The number of nitrogens with zero attached hydrogens (tertiary/aromatic N) is 2. The van der Waals surface area contributed by atoms with E-state index in [1.807, 2.05) is 43.3 Å². The largest absolute Gasteiger partial charge is 0.397 e. The first-order valence-electron chi connectivity index (χ1n) is 5.17. The van der Waals surface area contributed by atoms with Crippen molar-refractivity contribution in [3.8, 4) is 0 Å². The van der Waals surface area contributed by atoms with Crippen LogP contribution in [-0.2, 0) is 0 Å². The molecule has 0 aliphatic rings. The number of hydrogen-bond acceptors (Lipinski definition) is 3. The van der Waals surface area contributed by atoms with Gasteiger partial charge in [-0.25, -0.2) is 9.97 Å². The molecule has 0 saturated heterocycles. The first-order valence-corrected chi connectivity index (χ1v) is 5.17. The Morgan fingerprint density at radius 2 is 1.56 bits per heavy atom. The van der Waals surface area contributed by atoms with Gasteiger partial charge in [0.1, 0.15) is 5.52 Å². The summed E-state index contributed by atoms with van der Waals surface area (Å²) < 4.78 is 0. The fraction of sp³-hybridized carbons (Fsp3) is 0.0769. The monoisotopic (exact) mass is 209 g/mol. The number of aryl methyl sites for hydroxylation is 1. The van der Waals surface area contributed by atoms with E-state index in [4.69, 9.17) is 5.73 Å². The topological polar surface area (TPSA) is 51.8 Å². The first kappa shape index (κ1) is 9.09. The molecule has 3 aromatic rings. The third kappa shape index (κ3) is 1.21. The normalized spacial score (nSPS) is 11.1. The third-order valence-corrected chi connectivity index (χ3v) is 2.77. The van der Waals surface area contributed by atoms with Crippen LogP contribution in [0, 0.1) is 6.92 Å². The Balaban J connectivity index is 2.51. The van der Waals surface area contributed by atoms with Crippen LogP contribution in [0.1, 0.15) is 5.56 Å². The van der Waals surface area contributed by atoms with Crippen molar-refractivity contribution in [3.63, 3.8) is 0 Å². The lowest BCUT2D eigenvalue weighted by Crippen LogP contribution is -1.95. The van der Waals surface area contributed by atoms with E-state index in [-0.39, 0.29) is 0 Å². The predicted octanol–water partition coefficient (Wildman–Crippen LogP) is 2.67. The number of rotatable bonds is 0. The van der Waals surface area contributed by atoms with Crippen LogP contribution in [0.4, 0.5) is 5.69 Å². The van der Waals surface area contributed by atoms with Gasteiger partial charge in [0.2, 0.25) is 0 Å². The number of benzene rings is 2. The van der Waals surface area contributed by atoms with Crippen LogP contribution in [0.25, 0.3) is 22.1 Å². The second-order valence-electron chi connectivity index (χ2n) is 3.88. The number of fused-ring (bicyclic) bond motifs is 2. The molecule has 0 spiro atoms. The minimum Gasteiger partial charge on any atom is -0.397 e. The lowest BCUT2D eigenvalue weighted by atomic mass is 10.1. The van der Waals surface area contributed by atoms with E-state index in [9.17, 15) is 0 Å². The van der Waals surface area contributed by atoms with Crippen molar-refractivity contribution >= 4 is 27.8 Å². The van der Waals surface area contributed by atoms with Crippen molar-refractivity contribution in [1.82, 2.24) is 9.97 Å². The maximum Gasteiger partial charge on any atom is 0.113 e. The molecule has 16 heavy (non-hydrogen) atoms. The van der Waals surface area contributed by atoms with Crippen LogP contribution >= 0.6 is 0 Å². The van der Waals surface area contributed by atoms with Crippen LogP contribution in [0.15, 0.2) is 36.4 Å². The maximum atomic E-state index is 6.01. The van der Waals surface area contributed by atoms with Gasteiger partial charge in [0, 0.05) is 0 Å². The Kier molecular flexibility index (Phi) is 1.80. The molecule has 0 amide bonds. The van der Waals surface area contributed by atoms with Crippen molar-refractivity contribution in [2.24, 2.45) is 0 Å². The van der Waals surface area contributed by atoms with Crippen molar-refractivity contribution in [1.29, 1.82) is 0 Å². The van der Waals surface area contributed by atoms with E-state index in [1.165, 1.54) is 0 Å². The minimum absolute atomic E-state index is 0.718. The van der Waals surface area contributed by atoms with Gasteiger partial charge in [-0.05, 0) is 30.7 Å². The number of nitrogen functional groups attached to an aromatic ring is 1. The van der Waals surface area contributed by atoms with Gasteiger partial charge >= 0.3 is 0 Å². The maximum absolute atomic E-state index is 6.01. The first-order chi connectivity index (χ1) is 7.75. The summed E-state index contributed by atoms with van der Waals surface area (Å²) >= 11 is 0. The van der Waals surface area contributed by atoms with E-state index in [2.05, 4.69) is 9.97 Å². The van der Waals surface area contributed by atoms with Gasteiger partial charge in [-0.1, -0.05) is 18.2 Å².